The molecule has 1 aromatic carbocycles. The number of aromatic nitrogens is 1. The highest BCUT2D eigenvalue weighted by atomic mass is 32.2. The highest BCUT2D eigenvalue weighted by Gasteiger charge is 2.19. The quantitative estimate of drug-likeness (QED) is 0.441. The van der Waals surface area contributed by atoms with Gasteiger partial charge in [-0.05, 0) is 19.9 Å². The number of allylic oxidation sites excluding steroid dienone is 1. The van der Waals surface area contributed by atoms with Crippen molar-refractivity contribution in [3.8, 4) is 0 Å². The van der Waals surface area contributed by atoms with E-state index in [1.807, 2.05) is 48.8 Å². The van der Waals surface area contributed by atoms with Gasteiger partial charge in [0, 0.05) is 18.2 Å². The number of para-hydroxylation sites is 1. The number of hydrogen-bond donors (Lipinski definition) is 0. The van der Waals surface area contributed by atoms with Crippen LogP contribution in [0, 0.1) is 0 Å². The third-order valence-electron chi connectivity index (χ3n) is 3.11. The maximum atomic E-state index is 10.8. The van der Waals surface area contributed by atoms with Crippen LogP contribution in [0.1, 0.15) is 25.3 Å². The molecule has 0 N–H and O–H groups in total. The molecular weight excluding hydrogens is 322 g/mol. The second-order valence-corrected chi connectivity index (χ2v) is 7.45. The number of ether oxygens (including phenoxy) is 1. The van der Waals surface area contributed by atoms with E-state index in [0.29, 0.717) is 19.6 Å². The number of benzene rings is 1. The van der Waals surface area contributed by atoms with Crippen LogP contribution in [0.2, 0.25) is 0 Å². The van der Waals surface area contributed by atoms with E-state index in [1.54, 1.807) is 11.3 Å². The number of fused-ring (bicyclic) bond motifs is 1. The molecule has 22 heavy (non-hydrogen) atoms. The van der Waals surface area contributed by atoms with Crippen LogP contribution in [0.5, 0.6) is 0 Å². The molecule has 0 aliphatic heterocycles. The van der Waals surface area contributed by atoms with Crippen molar-refractivity contribution >= 4 is 37.7 Å². The molecule has 0 fully saturated rings. The summed E-state index contributed by atoms with van der Waals surface area (Å²) in [5.41, 5.74) is 1.03. The minimum absolute atomic E-state index is 0.297. The first-order valence-electron chi connectivity index (χ1n) is 7.06. The molecule has 0 bridgehead atoms. The second-order valence-electron chi connectivity index (χ2n) is 4.86. The molecule has 0 aliphatic carbocycles. The van der Waals surface area contributed by atoms with Crippen LogP contribution in [-0.4, -0.2) is 25.3 Å². The zero-order valence-electron chi connectivity index (χ0n) is 12.6. The van der Waals surface area contributed by atoms with E-state index in [-0.39, 0.29) is 5.75 Å². The van der Waals surface area contributed by atoms with Crippen LogP contribution in [0.15, 0.2) is 30.0 Å². The van der Waals surface area contributed by atoms with Crippen LogP contribution < -0.4 is 4.57 Å². The summed E-state index contributed by atoms with van der Waals surface area (Å²) in [5, 5.41) is 0.982. The van der Waals surface area contributed by atoms with Gasteiger partial charge in [-0.25, -0.2) is 8.42 Å². The lowest BCUT2D eigenvalue weighted by molar-refractivity contribution is -0.668. The molecule has 0 spiro atoms. The average Bonchev–Trinajstić information content (AvgIpc) is 2.76. The molecule has 1 aromatic heterocycles. The lowest BCUT2D eigenvalue weighted by Crippen LogP contribution is -2.36. The Bertz CT molecular complexity index is 778. The summed E-state index contributed by atoms with van der Waals surface area (Å²) in [4.78, 5) is 0. The number of thiazole rings is 1. The Morgan fingerprint density at radius 2 is 2.14 bits per heavy atom. The van der Waals surface area contributed by atoms with Crippen LogP contribution in [0.3, 0.4) is 0 Å². The molecule has 2 rings (SSSR count). The Kier molecular flexibility index (Phi) is 5.55. The SMILES string of the molecule is CCOC(C)=Cc1sc2ccccc2[n+]1CCCS(=O)(=O)[O-]. The number of rotatable bonds is 7. The van der Waals surface area contributed by atoms with Gasteiger partial charge in [0.25, 0.3) is 5.01 Å². The van der Waals surface area contributed by atoms with Gasteiger partial charge in [-0.3, -0.25) is 0 Å². The Balaban J connectivity index is 2.34. The van der Waals surface area contributed by atoms with E-state index in [1.165, 1.54) is 0 Å². The minimum Gasteiger partial charge on any atom is -0.748 e. The van der Waals surface area contributed by atoms with Gasteiger partial charge in [-0.1, -0.05) is 23.5 Å². The van der Waals surface area contributed by atoms with Crippen LogP contribution in [0.25, 0.3) is 16.3 Å². The van der Waals surface area contributed by atoms with Crippen molar-refractivity contribution in [1.29, 1.82) is 0 Å². The lowest BCUT2D eigenvalue weighted by atomic mass is 10.3. The van der Waals surface area contributed by atoms with E-state index in [0.717, 1.165) is 21.0 Å². The maximum Gasteiger partial charge on any atom is 0.266 e. The molecule has 2 aromatic rings. The summed E-state index contributed by atoms with van der Waals surface area (Å²) in [6.45, 7) is 4.90. The summed E-state index contributed by atoms with van der Waals surface area (Å²) in [5.74, 6) is 0.455. The lowest BCUT2D eigenvalue weighted by Gasteiger charge is -2.04. The molecule has 0 amide bonds. The monoisotopic (exact) mass is 341 g/mol. The van der Waals surface area contributed by atoms with E-state index < -0.39 is 10.1 Å². The fourth-order valence-electron chi connectivity index (χ4n) is 2.23. The molecule has 5 nitrogen and oxygen atoms in total. The summed E-state index contributed by atoms with van der Waals surface area (Å²) in [7, 11) is -4.18. The van der Waals surface area contributed by atoms with Crippen molar-refractivity contribution in [2.45, 2.75) is 26.8 Å². The normalized spacial score (nSPS) is 12.8. The Hall–Kier alpha value is -1.44. The Morgan fingerprint density at radius 3 is 2.82 bits per heavy atom. The first-order chi connectivity index (χ1) is 10.4. The van der Waals surface area contributed by atoms with Gasteiger partial charge in [0.2, 0.25) is 5.52 Å². The molecule has 0 saturated carbocycles. The van der Waals surface area contributed by atoms with Crippen LogP contribution in [0.4, 0.5) is 0 Å². The van der Waals surface area contributed by atoms with Gasteiger partial charge in [0.1, 0.15) is 10.5 Å². The van der Waals surface area contributed by atoms with Crippen molar-refractivity contribution in [3.05, 3.63) is 35.0 Å². The molecule has 120 valence electrons. The van der Waals surface area contributed by atoms with Crippen LogP contribution >= 0.6 is 11.3 Å². The van der Waals surface area contributed by atoms with Crippen LogP contribution in [-0.2, 0) is 21.4 Å². The summed E-state index contributed by atoms with van der Waals surface area (Å²) in [6.07, 6.45) is 2.24. The third kappa shape index (κ3) is 4.53. The van der Waals surface area contributed by atoms with Crippen molar-refractivity contribution in [2.75, 3.05) is 12.4 Å². The summed E-state index contributed by atoms with van der Waals surface area (Å²) in [6, 6.07) is 7.92. The van der Waals surface area contributed by atoms with Gasteiger partial charge in [-0.15, -0.1) is 0 Å². The van der Waals surface area contributed by atoms with Gasteiger partial charge < -0.3 is 9.29 Å². The zero-order valence-corrected chi connectivity index (χ0v) is 14.2. The predicted molar refractivity (Wildman–Crippen MR) is 86.5 cm³/mol. The molecule has 7 heteroatoms. The third-order valence-corrected chi connectivity index (χ3v) is 5.01. The second kappa shape index (κ2) is 7.21. The Labute approximate surface area is 134 Å². The topological polar surface area (TPSA) is 70.3 Å². The van der Waals surface area contributed by atoms with Gasteiger partial charge in [-0.2, -0.15) is 4.57 Å². The van der Waals surface area contributed by atoms with Gasteiger partial charge >= 0.3 is 0 Å². The fourth-order valence-corrected chi connectivity index (χ4v) is 3.90. The molecule has 0 unspecified atom stereocenters. The molecule has 0 radical (unpaired) electrons. The van der Waals surface area contributed by atoms with Crippen molar-refractivity contribution in [1.82, 2.24) is 0 Å². The Morgan fingerprint density at radius 1 is 1.41 bits per heavy atom. The van der Waals surface area contributed by atoms with E-state index >= 15 is 0 Å². The molecule has 0 aliphatic rings. The standard InChI is InChI=1S/C15H19NO4S2/c1-3-20-12(2)11-15-16(9-6-10-22(17,18)19)13-7-4-5-8-14(13)21-15/h4-5,7-8,11H,3,6,9-10H2,1-2H3. The molecule has 0 atom stereocenters. The number of aryl methyl sites for hydroxylation is 1. The van der Waals surface area contributed by atoms with Crippen molar-refractivity contribution in [3.63, 3.8) is 0 Å². The largest absolute Gasteiger partial charge is 0.748 e. The van der Waals surface area contributed by atoms with Crippen molar-refractivity contribution < 1.29 is 22.3 Å². The van der Waals surface area contributed by atoms with E-state index in [2.05, 4.69) is 0 Å². The highest BCUT2D eigenvalue weighted by Crippen LogP contribution is 2.22. The predicted octanol–water partition coefficient (Wildman–Crippen LogP) is 2.52. The first kappa shape index (κ1) is 16.9. The van der Waals surface area contributed by atoms with Gasteiger partial charge in [0.15, 0.2) is 6.54 Å². The first-order valence-corrected chi connectivity index (χ1v) is 9.46. The molecule has 1 heterocycles. The van der Waals surface area contributed by atoms with Crippen molar-refractivity contribution in [2.24, 2.45) is 0 Å². The molecule has 0 saturated heterocycles. The van der Waals surface area contributed by atoms with E-state index in [4.69, 9.17) is 4.74 Å². The number of hydrogen-bond acceptors (Lipinski definition) is 5. The smallest absolute Gasteiger partial charge is 0.266 e. The fraction of sp³-hybridized carbons (Fsp3) is 0.400. The minimum atomic E-state index is -4.18. The van der Waals surface area contributed by atoms with Gasteiger partial charge in [0.05, 0.1) is 22.8 Å². The summed E-state index contributed by atoms with van der Waals surface area (Å²) >= 11 is 1.62. The zero-order chi connectivity index (χ0) is 16.2. The summed E-state index contributed by atoms with van der Waals surface area (Å²) < 4.78 is 40.9. The maximum absolute atomic E-state index is 10.8. The van der Waals surface area contributed by atoms with E-state index in [9.17, 15) is 13.0 Å². The average molecular weight is 341 g/mol. The highest BCUT2D eigenvalue weighted by molar-refractivity contribution is 7.85. The number of nitrogens with zero attached hydrogens (tertiary/aromatic N) is 1. The molecular formula is C15H19NO4S2.